The molecule has 1 aromatic carbocycles. The van der Waals surface area contributed by atoms with Gasteiger partial charge in [0.05, 0.1) is 12.1 Å². The highest BCUT2D eigenvalue weighted by atomic mass is 16.5. The Hall–Kier alpha value is -3.30. The van der Waals surface area contributed by atoms with Gasteiger partial charge >= 0.3 is 17.9 Å². The van der Waals surface area contributed by atoms with Gasteiger partial charge in [0.2, 0.25) is 0 Å². The fourth-order valence-corrected chi connectivity index (χ4v) is 8.61. The zero-order valence-electron chi connectivity index (χ0n) is 23.8. The molecule has 1 amide bonds. The molecule has 0 aromatic heterocycles. The van der Waals surface area contributed by atoms with E-state index in [0.29, 0.717) is 29.7 Å². The van der Waals surface area contributed by atoms with Gasteiger partial charge in [-0.15, -0.1) is 0 Å². The van der Waals surface area contributed by atoms with Crippen LogP contribution in [-0.4, -0.2) is 61.8 Å². The quantitative estimate of drug-likeness (QED) is 0.438. The predicted octanol–water partition coefficient (Wildman–Crippen LogP) is 4.14. The summed E-state index contributed by atoms with van der Waals surface area (Å²) >= 11 is 0. The summed E-state index contributed by atoms with van der Waals surface area (Å²) < 4.78 is 12.8. The summed E-state index contributed by atoms with van der Waals surface area (Å²) in [6, 6.07) is 0.0983. The Morgan fingerprint density at radius 3 is 2.48 bits per heavy atom. The second-order valence-electron chi connectivity index (χ2n) is 13.0. The summed E-state index contributed by atoms with van der Waals surface area (Å²) in [6.07, 6.45) is 2.92. The smallest absolute Gasteiger partial charge is 0.326 e. The number of nitrogens with zero attached hydrogens (tertiary/aromatic N) is 1. The molecular weight excluding hydrogens is 518 g/mol. The van der Waals surface area contributed by atoms with Crippen molar-refractivity contribution in [3.8, 4) is 11.5 Å². The van der Waals surface area contributed by atoms with E-state index in [1.165, 1.54) is 17.9 Å². The molecule has 5 rings (SSSR count). The highest BCUT2D eigenvalue weighted by Gasteiger charge is 2.68. The van der Waals surface area contributed by atoms with Gasteiger partial charge in [0.15, 0.2) is 0 Å². The van der Waals surface area contributed by atoms with Gasteiger partial charge in [0.25, 0.3) is 5.91 Å². The minimum Gasteiger partial charge on any atom is -0.508 e. The number of hydrogen-bond acceptors (Lipinski definition) is 7. The first-order valence-corrected chi connectivity index (χ1v) is 14.1. The monoisotopic (exact) mass is 557 g/mol. The van der Waals surface area contributed by atoms with Crippen LogP contribution < -0.4 is 4.74 Å². The normalized spacial score (nSPS) is 32.6. The largest absolute Gasteiger partial charge is 0.508 e. The van der Waals surface area contributed by atoms with Crippen LogP contribution >= 0.6 is 0 Å². The van der Waals surface area contributed by atoms with Gasteiger partial charge in [0, 0.05) is 41.7 Å². The molecule has 3 N–H and O–H groups in total. The lowest BCUT2D eigenvalue weighted by atomic mass is 9.43. The number of aromatic hydroxyl groups is 1. The summed E-state index contributed by atoms with van der Waals surface area (Å²) in [5, 5.41) is 30.1. The number of esters is 1. The van der Waals surface area contributed by atoms with E-state index in [9.17, 15) is 29.4 Å². The highest BCUT2D eigenvalue weighted by molar-refractivity contribution is 6.02. The molecule has 2 aliphatic heterocycles. The zero-order chi connectivity index (χ0) is 29.4. The third kappa shape index (κ3) is 3.96. The fraction of sp³-hybridized carbons (Fsp3) is 0.667. The van der Waals surface area contributed by atoms with Gasteiger partial charge in [-0.2, -0.15) is 0 Å². The van der Waals surface area contributed by atoms with Crippen molar-refractivity contribution in [3.05, 3.63) is 22.8 Å². The van der Waals surface area contributed by atoms with Crippen molar-refractivity contribution in [2.24, 2.45) is 22.7 Å². The molecule has 0 saturated heterocycles. The SMILES string of the molecule is CC(=O)O[C@@H]1CC[C@@]2(C)C(CC[C@@H](C)[C@]23Cc2c(O)cc4c(c2O3)CN([C@@H](CCC(=O)O)C(=O)O)C4=O)C1(C)C. The number of carbonyl (C=O) groups excluding carboxylic acids is 2. The molecule has 40 heavy (non-hydrogen) atoms. The first-order chi connectivity index (χ1) is 18.6. The number of carbonyl (C=O) groups is 4. The van der Waals surface area contributed by atoms with Crippen molar-refractivity contribution < 1.29 is 44.0 Å². The van der Waals surface area contributed by atoms with E-state index in [2.05, 4.69) is 27.7 Å². The molecule has 2 fully saturated rings. The number of amides is 1. The molecule has 4 aliphatic rings. The van der Waals surface area contributed by atoms with Gasteiger partial charge in [0.1, 0.15) is 29.2 Å². The molecule has 1 spiro atoms. The van der Waals surface area contributed by atoms with Crippen LogP contribution in [0.5, 0.6) is 11.5 Å². The number of rotatable bonds is 6. The van der Waals surface area contributed by atoms with Gasteiger partial charge < -0.3 is 29.7 Å². The van der Waals surface area contributed by atoms with Crippen LogP contribution in [0.1, 0.15) is 94.6 Å². The molecule has 0 bridgehead atoms. The maximum absolute atomic E-state index is 13.4. The molecule has 10 heteroatoms. The first kappa shape index (κ1) is 28.2. The highest BCUT2D eigenvalue weighted by Crippen LogP contribution is 2.67. The van der Waals surface area contributed by atoms with E-state index in [-0.39, 0.29) is 65.4 Å². The molecule has 6 atom stereocenters. The van der Waals surface area contributed by atoms with Crippen molar-refractivity contribution in [3.63, 3.8) is 0 Å². The number of hydrogen-bond donors (Lipinski definition) is 3. The van der Waals surface area contributed by atoms with Crippen LogP contribution in [0.2, 0.25) is 0 Å². The van der Waals surface area contributed by atoms with Crippen molar-refractivity contribution in [1.29, 1.82) is 0 Å². The van der Waals surface area contributed by atoms with Gasteiger partial charge in [-0.1, -0.05) is 27.7 Å². The number of benzene rings is 1. The Morgan fingerprint density at radius 2 is 1.85 bits per heavy atom. The van der Waals surface area contributed by atoms with E-state index in [1.807, 2.05) is 0 Å². The molecule has 1 aromatic rings. The standard InChI is InChI=1S/C30H39NO9/c1-15-6-8-22-28(3,4)23(39-16(2)32)10-11-29(22,5)30(15)13-18-21(33)12-17-19(25(18)40-30)14-31(26(17)36)20(27(37)38)7-9-24(34)35/h12,15,20,22-23,33H,6-11,13-14H2,1-5H3,(H,34,35)(H,37,38)/t15-,20+,22?,23-,29+,30-/m1/s1. The average molecular weight is 558 g/mol. The predicted molar refractivity (Wildman–Crippen MR) is 142 cm³/mol. The van der Waals surface area contributed by atoms with Crippen molar-refractivity contribution in [2.75, 3.05) is 0 Å². The fourth-order valence-electron chi connectivity index (χ4n) is 8.61. The van der Waals surface area contributed by atoms with Crippen LogP contribution in [-0.2, 0) is 32.1 Å². The number of phenolic OH excluding ortho intramolecular Hbond substituents is 1. The van der Waals surface area contributed by atoms with Crippen molar-refractivity contribution in [2.45, 2.75) is 104 Å². The minimum absolute atomic E-state index is 0.0298. The lowest BCUT2D eigenvalue weighted by Crippen LogP contribution is -2.67. The molecule has 2 saturated carbocycles. The van der Waals surface area contributed by atoms with Crippen LogP contribution in [0.3, 0.4) is 0 Å². The van der Waals surface area contributed by atoms with E-state index in [4.69, 9.17) is 14.6 Å². The zero-order valence-corrected chi connectivity index (χ0v) is 23.8. The number of fused-ring (bicyclic) bond motifs is 5. The van der Waals surface area contributed by atoms with Crippen LogP contribution in [0, 0.1) is 22.7 Å². The molecule has 2 aliphatic carbocycles. The lowest BCUT2D eigenvalue weighted by Gasteiger charge is -2.64. The van der Waals surface area contributed by atoms with Crippen LogP contribution in [0.4, 0.5) is 0 Å². The van der Waals surface area contributed by atoms with Gasteiger partial charge in [-0.05, 0) is 50.0 Å². The van der Waals surface area contributed by atoms with Gasteiger partial charge in [-0.25, -0.2) is 4.79 Å². The maximum atomic E-state index is 13.4. The number of carboxylic acid groups (broad SMARTS) is 2. The number of ether oxygens (including phenoxy) is 2. The molecule has 1 unspecified atom stereocenters. The lowest BCUT2D eigenvalue weighted by molar-refractivity contribution is -0.218. The first-order valence-electron chi connectivity index (χ1n) is 14.1. The third-order valence-electron chi connectivity index (χ3n) is 10.7. The average Bonchev–Trinajstić information content (AvgIpc) is 3.40. The van der Waals surface area contributed by atoms with Crippen molar-refractivity contribution in [1.82, 2.24) is 4.90 Å². The molecule has 10 nitrogen and oxygen atoms in total. The summed E-state index contributed by atoms with van der Waals surface area (Å²) in [5.74, 6) is -2.56. The Kier molecular flexibility index (Phi) is 6.62. The summed E-state index contributed by atoms with van der Waals surface area (Å²) in [7, 11) is 0. The third-order valence-corrected chi connectivity index (χ3v) is 10.7. The van der Waals surface area contributed by atoms with E-state index in [1.54, 1.807) is 0 Å². The Labute approximate surface area is 233 Å². The van der Waals surface area contributed by atoms with E-state index in [0.717, 1.165) is 19.3 Å². The maximum Gasteiger partial charge on any atom is 0.326 e. The number of carboxylic acids is 2. The van der Waals surface area contributed by atoms with Gasteiger partial charge in [-0.3, -0.25) is 14.4 Å². The second kappa shape index (κ2) is 9.38. The summed E-state index contributed by atoms with van der Waals surface area (Å²) in [4.78, 5) is 49.6. The molecule has 2 heterocycles. The van der Waals surface area contributed by atoms with Crippen molar-refractivity contribution >= 4 is 23.8 Å². The Balaban J connectivity index is 1.52. The topological polar surface area (TPSA) is 151 Å². The van der Waals surface area contributed by atoms with E-state index < -0.39 is 29.5 Å². The minimum atomic E-state index is -1.31. The Bertz CT molecular complexity index is 1290. The second-order valence-corrected chi connectivity index (χ2v) is 13.0. The molecular formula is C30H39NO9. The number of phenols is 1. The van der Waals surface area contributed by atoms with Crippen LogP contribution in [0.25, 0.3) is 0 Å². The number of aliphatic carboxylic acids is 2. The summed E-state index contributed by atoms with van der Waals surface area (Å²) in [5.41, 5.74) is 0.0613. The van der Waals surface area contributed by atoms with E-state index >= 15 is 0 Å². The van der Waals surface area contributed by atoms with Crippen LogP contribution in [0.15, 0.2) is 6.07 Å². The summed E-state index contributed by atoms with van der Waals surface area (Å²) in [6.45, 7) is 10.1. The molecule has 0 radical (unpaired) electrons. The molecule has 218 valence electrons. The Morgan fingerprint density at radius 1 is 1.15 bits per heavy atom.